The minimum absolute atomic E-state index is 0.0902. The second-order valence-electron chi connectivity index (χ2n) is 5.10. The van der Waals surface area contributed by atoms with Crippen LogP contribution >= 0.6 is 23.2 Å². The predicted octanol–water partition coefficient (Wildman–Crippen LogP) is 5.30. The molecule has 0 amide bonds. The minimum atomic E-state index is -0.450. The lowest BCUT2D eigenvalue weighted by Crippen LogP contribution is -2.01. The molecule has 0 saturated heterocycles. The Hall–Kier alpha value is -2.36. The summed E-state index contributed by atoms with van der Waals surface area (Å²) in [5, 5.41) is 2.02. The lowest BCUT2D eigenvalue weighted by molar-refractivity contribution is -0.138. The van der Waals surface area contributed by atoms with Crippen LogP contribution in [0.5, 0.6) is 0 Å². The monoisotopic (exact) mass is 357 g/mol. The number of ether oxygens (including phenoxy) is 1. The lowest BCUT2D eigenvalue weighted by Gasteiger charge is -2.05. The Bertz CT molecular complexity index is 917. The average Bonchev–Trinajstić information content (AvgIpc) is 2.59. The maximum absolute atomic E-state index is 11.9. The molecule has 0 aliphatic carbocycles. The highest BCUT2D eigenvalue weighted by atomic mass is 35.5. The van der Waals surface area contributed by atoms with Crippen LogP contribution in [0.25, 0.3) is 17.0 Å². The molecule has 1 aromatic heterocycles. The molecule has 0 saturated carbocycles. The predicted molar refractivity (Wildman–Crippen MR) is 97.0 cm³/mol. The van der Waals surface area contributed by atoms with Crippen LogP contribution in [0, 0.1) is 0 Å². The standard InChI is InChI=1S/C19H13Cl2NO2/c20-16-8-6-15(17(21)11-16)12-24-18(23)9-7-14-4-1-3-13-5-2-10-22-19(13)14/h1-11H,12H2/b9-7-. The van der Waals surface area contributed by atoms with Crippen molar-refractivity contribution in [1.82, 2.24) is 4.98 Å². The topological polar surface area (TPSA) is 39.2 Å². The first kappa shape index (κ1) is 16.5. The summed E-state index contributed by atoms with van der Waals surface area (Å²) in [6.07, 6.45) is 4.80. The molecule has 0 bridgehead atoms. The fraction of sp³-hybridized carbons (Fsp3) is 0.0526. The number of nitrogens with zero attached hydrogens (tertiary/aromatic N) is 1. The van der Waals surface area contributed by atoms with Gasteiger partial charge in [0.15, 0.2) is 0 Å². The Balaban J connectivity index is 1.69. The molecule has 0 atom stereocenters. The van der Waals surface area contributed by atoms with Gasteiger partial charge in [-0.05, 0) is 24.3 Å². The fourth-order valence-corrected chi connectivity index (χ4v) is 2.72. The minimum Gasteiger partial charge on any atom is -0.458 e. The van der Waals surface area contributed by atoms with Crippen molar-refractivity contribution in [2.45, 2.75) is 6.61 Å². The van der Waals surface area contributed by atoms with Gasteiger partial charge in [0.25, 0.3) is 0 Å². The Morgan fingerprint density at radius 3 is 2.79 bits per heavy atom. The van der Waals surface area contributed by atoms with Crippen LogP contribution in [0.1, 0.15) is 11.1 Å². The smallest absolute Gasteiger partial charge is 0.331 e. The van der Waals surface area contributed by atoms with Gasteiger partial charge in [0, 0.05) is 38.8 Å². The van der Waals surface area contributed by atoms with Crippen LogP contribution in [0.3, 0.4) is 0 Å². The van der Waals surface area contributed by atoms with E-state index in [9.17, 15) is 4.79 Å². The van der Waals surface area contributed by atoms with Crippen LogP contribution < -0.4 is 0 Å². The van der Waals surface area contributed by atoms with Crippen molar-refractivity contribution in [3.05, 3.63) is 82.0 Å². The molecule has 0 spiro atoms. The number of aromatic nitrogens is 1. The molecule has 5 heteroatoms. The SMILES string of the molecule is O=C(/C=C\c1cccc2cccnc12)OCc1ccc(Cl)cc1Cl. The highest BCUT2D eigenvalue weighted by molar-refractivity contribution is 6.35. The van der Waals surface area contributed by atoms with Gasteiger partial charge in [-0.1, -0.05) is 53.5 Å². The second kappa shape index (κ2) is 7.47. The van der Waals surface area contributed by atoms with E-state index < -0.39 is 5.97 Å². The number of halogens is 2. The first-order valence-corrected chi connectivity index (χ1v) is 8.01. The van der Waals surface area contributed by atoms with Crippen molar-refractivity contribution in [3.8, 4) is 0 Å². The third kappa shape index (κ3) is 3.94. The summed E-state index contributed by atoms with van der Waals surface area (Å²) in [6.45, 7) is 0.0902. The molecule has 2 aromatic carbocycles. The van der Waals surface area contributed by atoms with Gasteiger partial charge in [-0.15, -0.1) is 0 Å². The number of carbonyl (C=O) groups excluding carboxylic acids is 1. The summed E-state index contributed by atoms with van der Waals surface area (Å²) < 4.78 is 5.21. The van der Waals surface area contributed by atoms with Crippen molar-refractivity contribution >= 4 is 46.2 Å². The number of hydrogen-bond donors (Lipinski definition) is 0. The molecule has 3 rings (SSSR count). The van der Waals surface area contributed by atoms with Gasteiger partial charge >= 0.3 is 5.97 Å². The Kier molecular flexibility index (Phi) is 5.14. The van der Waals surface area contributed by atoms with Gasteiger partial charge < -0.3 is 4.74 Å². The largest absolute Gasteiger partial charge is 0.458 e. The zero-order chi connectivity index (χ0) is 16.9. The van der Waals surface area contributed by atoms with Crippen molar-refractivity contribution in [1.29, 1.82) is 0 Å². The van der Waals surface area contributed by atoms with Gasteiger partial charge in [-0.2, -0.15) is 0 Å². The molecule has 0 aliphatic heterocycles. The fourth-order valence-electron chi connectivity index (χ4n) is 2.26. The zero-order valence-electron chi connectivity index (χ0n) is 12.6. The van der Waals surface area contributed by atoms with E-state index in [0.717, 1.165) is 16.5 Å². The van der Waals surface area contributed by atoms with Gasteiger partial charge in [-0.25, -0.2) is 4.79 Å². The number of para-hydroxylation sites is 1. The molecule has 24 heavy (non-hydrogen) atoms. The average molecular weight is 358 g/mol. The molecule has 1 heterocycles. The molecule has 3 aromatic rings. The normalized spacial score (nSPS) is 11.1. The Morgan fingerprint density at radius 2 is 1.96 bits per heavy atom. The van der Waals surface area contributed by atoms with E-state index in [2.05, 4.69) is 4.98 Å². The second-order valence-corrected chi connectivity index (χ2v) is 5.94. The van der Waals surface area contributed by atoms with E-state index in [-0.39, 0.29) is 6.61 Å². The van der Waals surface area contributed by atoms with Crippen LogP contribution in [-0.2, 0) is 16.1 Å². The van der Waals surface area contributed by atoms with Crippen molar-refractivity contribution in [2.24, 2.45) is 0 Å². The number of rotatable bonds is 4. The summed E-state index contributed by atoms with van der Waals surface area (Å²) in [6, 6.07) is 14.7. The highest BCUT2D eigenvalue weighted by Crippen LogP contribution is 2.22. The van der Waals surface area contributed by atoms with E-state index in [1.807, 2.05) is 30.3 Å². The Morgan fingerprint density at radius 1 is 1.12 bits per heavy atom. The summed E-state index contributed by atoms with van der Waals surface area (Å²) >= 11 is 11.9. The summed E-state index contributed by atoms with van der Waals surface area (Å²) in [7, 11) is 0. The zero-order valence-corrected chi connectivity index (χ0v) is 14.1. The number of esters is 1. The first-order chi connectivity index (χ1) is 11.6. The molecular formula is C19H13Cl2NO2. The number of fused-ring (bicyclic) bond motifs is 1. The molecule has 0 radical (unpaired) electrons. The molecule has 0 fully saturated rings. The highest BCUT2D eigenvalue weighted by Gasteiger charge is 2.05. The van der Waals surface area contributed by atoms with Gasteiger partial charge in [0.05, 0.1) is 5.52 Å². The van der Waals surface area contributed by atoms with E-state index in [0.29, 0.717) is 15.6 Å². The van der Waals surface area contributed by atoms with E-state index in [1.165, 1.54) is 6.08 Å². The van der Waals surface area contributed by atoms with Crippen LogP contribution in [0.2, 0.25) is 10.0 Å². The van der Waals surface area contributed by atoms with Gasteiger partial charge in [0.2, 0.25) is 0 Å². The van der Waals surface area contributed by atoms with Crippen LogP contribution in [0.15, 0.2) is 60.8 Å². The number of carbonyl (C=O) groups is 1. The number of hydrogen-bond acceptors (Lipinski definition) is 3. The van der Waals surface area contributed by atoms with Gasteiger partial charge in [-0.3, -0.25) is 4.98 Å². The third-order valence-electron chi connectivity index (χ3n) is 3.45. The van der Waals surface area contributed by atoms with E-state index >= 15 is 0 Å². The molecule has 0 aliphatic rings. The van der Waals surface area contributed by atoms with Crippen molar-refractivity contribution in [2.75, 3.05) is 0 Å². The van der Waals surface area contributed by atoms with Crippen molar-refractivity contribution < 1.29 is 9.53 Å². The summed E-state index contributed by atoms with van der Waals surface area (Å²) in [4.78, 5) is 16.2. The molecule has 0 unspecified atom stereocenters. The first-order valence-electron chi connectivity index (χ1n) is 7.26. The maximum Gasteiger partial charge on any atom is 0.331 e. The summed E-state index contributed by atoms with van der Waals surface area (Å²) in [5.41, 5.74) is 2.40. The third-order valence-corrected chi connectivity index (χ3v) is 4.03. The Labute approximate surface area is 149 Å². The van der Waals surface area contributed by atoms with E-state index in [4.69, 9.17) is 27.9 Å². The summed E-state index contributed by atoms with van der Waals surface area (Å²) in [5.74, 6) is -0.450. The van der Waals surface area contributed by atoms with Crippen molar-refractivity contribution in [3.63, 3.8) is 0 Å². The molecule has 0 N–H and O–H groups in total. The van der Waals surface area contributed by atoms with Gasteiger partial charge in [0.1, 0.15) is 6.61 Å². The number of pyridine rings is 1. The lowest BCUT2D eigenvalue weighted by atomic mass is 10.1. The molecule has 3 nitrogen and oxygen atoms in total. The van der Waals surface area contributed by atoms with E-state index in [1.54, 1.807) is 30.5 Å². The maximum atomic E-state index is 11.9. The van der Waals surface area contributed by atoms with Crippen LogP contribution in [0.4, 0.5) is 0 Å². The van der Waals surface area contributed by atoms with Crippen LogP contribution in [-0.4, -0.2) is 11.0 Å². The molecule has 120 valence electrons. The quantitative estimate of drug-likeness (QED) is 0.469. The number of benzene rings is 2. The molecular weight excluding hydrogens is 345 g/mol.